The van der Waals surface area contributed by atoms with Crippen molar-refractivity contribution >= 4 is 23.6 Å². The Labute approximate surface area is 129 Å². The molecule has 2 aliphatic rings. The fraction of sp³-hybridized carbons (Fsp3) is 0.412. The summed E-state index contributed by atoms with van der Waals surface area (Å²) < 4.78 is 0. The Hall–Kier alpha value is -2.14. The zero-order chi connectivity index (χ0) is 15.7. The topological polar surface area (TPSA) is 60.9 Å². The van der Waals surface area contributed by atoms with Gasteiger partial charge < -0.3 is 14.9 Å². The van der Waals surface area contributed by atoms with Gasteiger partial charge in [-0.1, -0.05) is 12.1 Å². The number of fused-ring (bicyclic) bond motifs is 1. The normalized spacial score (nSPS) is 25.7. The second kappa shape index (κ2) is 5.93. The van der Waals surface area contributed by atoms with Gasteiger partial charge in [0.2, 0.25) is 5.91 Å². The van der Waals surface area contributed by atoms with Crippen LogP contribution in [0, 0.1) is 11.8 Å². The molecule has 5 nitrogen and oxygen atoms in total. The number of likely N-dealkylation sites (tertiary alicyclic amines) is 1. The number of anilines is 1. The van der Waals surface area contributed by atoms with E-state index in [1.807, 2.05) is 29.2 Å². The molecule has 1 aromatic carbocycles. The van der Waals surface area contributed by atoms with Crippen LogP contribution >= 0.6 is 0 Å². The minimum Gasteiger partial charge on any atom is -0.478 e. The third kappa shape index (κ3) is 2.90. The van der Waals surface area contributed by atoms with Crippen molar-refractivity contribution in [2.24, 2.45) is 11.8 Å². The third-order valence-corrected chi connectivity index (χ3v) is 4.56. The first-order valence-electron chi connectivity index (χ1n) is 7.55. The number of benzene rings is 1. The minimum absolute atomic E-state index is 0.155. The molecule has 2 aliphatic heterocycles. The molecule has 116 valence electrons. The first kappa shape index (κ1) is 14.8. The number of carboxylic acid groups (broad SMARTS) is 1. The van der Waals surface area contributed by atoms with Crippen molar-refractivity contribution in [1.82, 2.24) is 4.90 Å². The first-order valence-corrected chi connectivity index (χ1v) is 7.55. The molecule has 1 N–H and O–H groups in total. The van der Waals surface area contributed by atoms with Crippen LogP contribution in [0.25, 0.3) is 6.08 Å². The van der Waals surface area contributed by atoms with Gasteiger partial charge in [-0.05, 0) is 43.8 Å². The first-order chi connectivity index (χ1) is 10.5. The summed E-state index contributed by atoms with van der Waals surface area (Å²) in [7, 11) is 2.10. The molecule has 22 heavy (non-hydrogen) atoms. The lowest BCUT2D eigenvalue weighted by atomic mass is 9.88. The van der Waals surface area contributed by atoms with E-state index in [4.69, 9.17) is 5.11 Å². The Morgan fingerprint density at radius 2 is 2.00 bits per heavy atom. The van der Waals surface area contributed by atoms with Gasteiger partial charge in [0, 0.05) is 36.7 Å². The number of carbonyl (C=O) groups is 2. The molecule has 2 atom stereocenters. The summed E-state index contributed by atoms with van der Waals surface area (Å²) in [6, 6.07) is 7.47. The highest BCUT2D eigenvalue weighted by Crippen LogP contribution is 2.34. The van der Waals surface area contributed by atoms with Crippen molar-refractivity contribution < 1.29 is 14.7 Å². The van der Waals surface area contributed by atoms with E-state index in [1.165, 1.54) is 0 Å². The standard InChI is InChI=1S/C17H20N2O3/c1-18-9-8-15-13(10-18)11-19(17(15)22)14-5-2-12(3-6-14)4-7-16(20)21/h2-7,13,15H,8-11H2,1H3,(H,20,21)/b7-4+/t13-,15-/m1/s1. The number of hydrogen-bond donors (Lipinski definition) is 1. The molecule has 5 heteroatoms. The Balaban J connectivity index is 1.74. The Kier molecular flexibility index (Phi) is 3.98. The van der Waals surface area contributed by atoms with Crippen LogP contribution in [0.3, 0.4) is 0 Å². The number of rotatable bonds is 3. The van der Waals surface area contributed by atoms with Gasteiger partial charge in [0.05, 0.1) is 0 Å². The lowest BCUT2D eigenvalue weighted by Crippen LogP contribution is -2.38. The number of piperidine rings is 1. The van der Waals surface area contributed by atoms with Gasteiger partial charge in [-0.2, -0.15) is 0 Å². The van der Waals surface area contributed by atoms with Gasteiger partial charge >= 0.3 is 5.97 Å². The zero-order valence-corrected chi connectivity index (χ0v) is 12.6. The molecule has 0 aromatic heterocycles. The molecule has 3 rings (SSSR count). The van der Waals surface area contributed by atoms with E-state index in [2.05, 4.69) is 11.9 Å². The van der Waals surface area contributed by atoms with Crippen molar-refractivity contribution in [2.75, 3.05) is 31.6 Å². The average molecular weight is 300 g/mol. The molecule has 2 heterocycles. The Morgan fingerprint density at radius 1 is 1.27 bits per heavy atom. The molecule has 0 spiro atoms. The summed E-state index contributed by atoms with van der Waals surface area (Å²) in [4.78, 5) is 27.2. The van der Waals surface area contributed by atoms with Crippen LogP contribution in [0.15, 0.2) is 30.3 Å². The van der Waals surface area contributed by atoms with Crippen LogP contribution in [0.2, 0.25) is 0 Å². The molecular weight excluding hydrogens is 280 g/mol. The molecule has 1 amide bonds. The molecule has 0 unspecified atom stereocenters. The smallest absolute Gasteiger partial charge is 0.328 e. The van der Waals surface area contributed by atoms with E-state index in [0.29, 0.717) is 5.92 Å². The summed E-state index contributed by atoms with van der Waals surface area (Å²) in [5.74, 6) is -0.167. The van der Waals surface area contributed by atoms with Crippen LogP contribution in [-0.4, -0.2) is 48.6 Å². The molecule has 1 aromatic rings. The fourth-order valence-electron chi connectivity index (χ4n) is 3.41. The summed E-state index contributed by atoms with van der Waals surface area (Å²) >= 11 is 0. The molecule has 2 fully saturated rings. The maximum Gasteiger partial charge on any atom is 0.328 e. The van der Waals surface area contributed by atoms with E-state index in [9.17, 15) is 9.59 Å². The van der Waals surface area contributed by atoms with Crippen LogP contribution in [0.5, 0.6) is 0 Å². The van der Waals surface area contributed by atoms with Gasteiger partial charge in [-0.15, -0.1) is 0 Å². The summed E-state index contributed by atoms with van der Waals surface area (Å²) in [6.45, 7) is 2.74. The maximum absolute atomic E-state index is 12.6. The Bertz CT molecular complexity index is 609. The third-order valence-electron chi connectivity index (χ3n) is 4.56. The number of aliphatic carboxylic acids is 1. The van der Waals surface area contributed by atoms with Crippen LogP contribution in [0.4, 0.5) is 5.69 Å². The van der Waals surface area contributed by atoms with E-state index in [-0.39, 0.29) is 11.8 Å². The fourth-order valence-corrected chi connectivity index (χ4v) is 3.41. The summed E-state index contributed by atoms with van der Waals surface area (Å²) in [5, 5.41) is 8.63. The van der Waals surface area contributed by atoms with Gasteiger partial charge in [0.1, 0.15) is 0 Å². The quantitative estimate of drug-likeness (QED) is 0.863. The molecule has 2 saturated heterocycles. The van der Waals surface area contributed by atoms with Crippen molar-refractivity contribution in [3.05, 3.63) is 35.9 Å². The van der Waals surface area contributed by atoms with E-state index in [1.54, 1.807) is 6.08 Å². The Morgan fingerprint density at radius 3 is 2.68 bits per heavy atom. The van der Waals surface area contributed by atoms with E-state index in [0.717, 1.165) is 43.4 Å². The van der Waals surface area contributed by atoms with Crippen molar-refractivity contribution in [1.29, 1.82) is 0 Å². The molecule has 0 radical (unpaired) electrons. The molecule has 0 bridgehead atoms. The summed E-state index contributed by atoms with van der Waals surface area (Å²) in [6.07, 6.45) is 3.60. The highest BCUT2D eigenvalue weighted by atomic mass is 16.4. The SMILES string of the molecule is CN1CC[C@H]2C(=O)N(c3ccc(/C=C/C(=O)O)cc3)C[C@H]2C1. The lowest BCUT2D eigenvalue weighted by molar-refractivity contribution is -0.131. The van der Waals surface area contributed by atoms with Crippen LogP contribution in [0.1, 0.15) is 12.0 Å². The van der Waals surface area contributed by atoms with Crippen molar-refractivity contribution in [3.8, 4) is 0 Å². The van der Waals surface area contributed by atoms with Crippen LogP contribution in [-0.2, 0) is 9.59 Å². The largest absolute Gasteiger partial charge is 0.478 e. The zero-order valence-electron chi connectivity index (χ0n) is 12.6. The molecule has 0 aliphatic carbocycles. The predicted octanol–water partition coefficient (Wildman–Crippen LogP) is 1.70. The monoisotopic (exact) mass is 300 g/mol. The number of hydrogen-bond acceptors (Lipinski definition) is 3. The van der Waals surface area contributed by atoms with E-state index < -0.39 is 5.97 Å². The average Bonchev–Trinajstić information content (AvgIpc) is 2.82. The number of carboxylic acids is 1. The second-order valence-electron chi connectivity index (χ2n) is 6.13. The molecular formula is C17H20N2O3. The van der Waals surface area contributed by atoms with Crippen molar-refractivity contribution in [3.63, 3.8) is 0 Å². The van der Waals surface area contributed by atoms with Gasteiger partial charge in [0.15, 0.2) is 0 Å². The second-order valence-corrected chi connectivity index (χ2v) is 6.13. The van der Waals surface area contributed by atoms with Gasteiger partial charge in [-0.25, -0.2) is 4.79 Å². The summed E-state index contributed by atoms with van der Waals surface area (Å²) in [5.41, 5.74) is 1.71. The van der Waals surface area contributed by atoms with Gasteiger partial charge in [-0.3, -0.25) is 4.79 Å². The minimum atomic E-state index is -0.966. The van der Waals surface area contributed by atoms with E-state index >= 15 is 0 Å². The van der Waals surface area contributed by atoms with Crippen LogP contribution < -0.4 is 4.90 Å². The predicted molar refractivity (Wildman–Crippen MR) is 84.6 cm³/mol. The number of amides is 1. The number of carbonyl (C=O) groups excluding carboxylic acids is 1. The van der Waals surface area contributed by atoms with Gasteiger partial charge in [0.25, 0.3) is 0 Å². The van der Waals surface area contributed by atoms with Crippen molar-refractivity contribution in [2.45, 2.75) is 6.42 Å². The highest BCUT2D eigenvalue weighted by Gasteiger charge is 2.43. The maximum atomic E-state index is 12.6. The highest BCUT2D eigenvalue weighted by molar-refractivity contribution is 5.97. The lowest BCUT2D eigenvalue weighted by Gasteiger charge is -2.29. The molecule has 0 saturated carbocycles. The number of nitrogens with zero attached hydrogens (tertiary/aromatic N) is 2.